The molecule has 0 N–H and O–H groups in total. The molecule has 4 heterocycles. The summed E-state index contributed by atoms with van der Waals surface area (Å²) in [6.45, 7) is 2.70. The van der Waals surface area contributed by atoms with Crippen LogP contribution in [0.15, 0.2) is 56.7 Å². The number of hydrogen-bond acceptors (Lipinski definition) is 7. The number of fused-ring (bicyclic) bond motifs is 1. The van der Waals surface area contributed by atoms with Crippen LogP contribution in [-0.2, 0) is 21.4 Å². The van der Waals surface area contributed by atoms with Crippen molar-refractivity contribution in [1.29, 1.82) is 0 Å². The van der Waals surface area contributed by atoms with E-state index in [9.17, 15) is 13.2 Å². The Balaban J connectivity index is 1.47. The average Bonchev–Trinajstić information content (AvgIpc) is 3.59. The van der Waals surface area contributed by atoms with Gasteiger partial charge in [-0.25, -0.2) is 13.4 Å². The third-order valence-electron chi connectivity index (χ3n) is 5.85. The molecule has 7 nitrogen and oxygen atoms in total. The summed E-state index contributed by atoms with van der Waals surface area (Å²) in [5.41, 5.74) is 1.73. The molecule has 1 amide bonds. The quantitative estimate of drug-likeness (QED) is 0.323. The molecule has 34 heavy (non-hydrogen) atoms. The number of hydrogen-bond donors (Lipinski definition) is 0. The van der Waals surface area contributed by atoms with Gasteiger partial charge in [-0.15, -0.1) is 11.3 Å². The van der Waals surface area contributed by atoms with Gasteiger partial charge in [0.15, 0.2) is 5.13 Å². The molecule has 0 spiro atoms. The van der Waals surface area contributed by atoms with E-state index in [1.807, 2.05) is 25.1 Å². The second-order valence-corrected chi connectivity index (χ2v) is 12.8. The molecule has 1 aliphatic rings. The van der Waals surface area contributed by atoms with Crippen LogP contribution < -0.4 is 4.90 Å². The van der Waals surface area contributed by atoms with Crippen LogP contribution >= 0.6 is 34.3 Å². The fourth-order valence-electron chi connectivity index (χ4n) is 4.18. The zero-order valence-corrected chi connectivity index (χ0v) is 21.5. The van der Waals surface area contributed by atoms with Gasteiger partial charge < -0.3 is 4.42 Å². The van der Waals surface area contributed by atoms with Gasteiger partial charge in [-0.05, 0) is 61.0 Å². The molecule has 0 aliphatic carbocycles. The van der Waals surface area contributed by atoms with E-state index >= 15 is 0 Å². The number of halogens is 1. The first kappa shape index (κ1) is 23.5. The van der Waals surface area contributed by atoms with Gasteiger partial charge in [-0.2, -0.15) is 4.31 Å². The summed E-state index contributed by atoms with van der Waals surface area (Å²) >= 11 is 8.81. The SMILES string of the molecule is Cc1cc(Cl)cc2sc(N(Cc3ccco3)C(=O)C3CCCN(S(=O)(=O)c4cccs4)C3)nc12. The molecular weight excluding hydrogens is 514 g/mol. The molecule has 3 aromatic heterocycles. The van der Waals surface area contributed by atoms with Gasteiger partial charge in [0.1, 0.15) is 9.97 Å². The number of amides is 1. The first-order valence-corrected chi connectivity index (χ1v) is 14.3. The van der Waals surface area contributed by atoms with Crippen molar-refractivity contribution in [3.05, 3.63) is 64.4 Å². The van der Waals surface area contributed by atoms with E-state index in [2.05, 4.69) is 0 Å². The van der Waals surface area contributed by atoms with Gasteiger partial charge in [-0.3, -0.25) is 9.69 Å². The van der Waals surface area contributed by atoms with E-state index in [-0.39, 0.29) is 19.0 Å². The highest BCUT2D eigenvalue weighted by Crippen LogP contribution is 2.35. The number of thiophene rings is 1. The maximum Gasteiger partial charge on any atom is 0.252 e. The Kier molecular flexibility index (Phi) is 6.51. The number of sulfonamides is 1. The van der Waals surface area contributed by atoms with Crippen molar-refractivity contribution in [3.63, 3.8) is 0 Å². The minimum Gasteiger partial charge on any atom is -0.467 e. The van der Waals surface area contributed by atoms with E-state index in [1.54, 1.807) is 34.7 Å². The molecule has 1 fully saturated rings. The number of furan rings is 1. The maximum absolute atomic E-state index is 13.8. The molecule has 0 bridgehead atoms. The van der Waals surface area contributed by atoms with Gasteiger partial charge in [0.25, 0.3) is 10.0 Å². The van der Waals surface area contributed by atoms with Crippen molar-refractivity contribution in [2.75, 3.05) is 18.0 Å². The predicted octanol–water partition coefficient (Wildman–Crippen LogP) is 5.55. The van der Waals surface area contributed by atoms with Gasteiger partial charge in [0, 0.05) is 18.1 Å². The zero-order valence-electron chi connectivity index (χ0n) is 18.3. The highest BCUT2D eigenvalue weighted by molar-refractivity contribution is 7.91. The van der Waals surface area contributed by atoms with Gasteiger partial charge in [-0.1, -0.05) is 29.0 Å². The smallest absolute Gasteiger partial charge is 0.252 e. The minimum absolute atomic E-state index is 0.142. The number of anilines is 1. The fourth-order valence-corrected chi connectivity index (χ4v) is 8.27. The molecule has 5 rings (SSSR count). The van der Waals surface area contributed by atoms with Crippen LogP contribution in [0, 0.1) is 12.8 Å². The Hall–Kier alpha value is -2.24. The Morgan fingerprint density at radius 3 is 2.91 bits per heavy atom. The highest BCUT2D eigenvalue weighted by Gasteiger charge is 2.36. The maximum atomic E-state index is 13.8. The summed E-state index contributed by atoms with van der Waals surface area (Å²) in [4.78, 5) is 20.2. The van der Waals surface area contributed by atoms with Crippen LogP contribution in [0.3, 0.4) is 0 Å². The summed E-state index contributed by atoms with van der Waals surface area (Å²) < 4.78 is 34.3. The van der Waals surface area contributed by atoms with Crippen LogP contribution in [0.1, 0.15) is 24.2 Å². The number of aryl methyl sites for hydroxylation is 1. The number of benzene rings is 1. The van der Waals surface area contributed by atoms with Gasteiger partial charge >= 0.3 is 0 Å². The third kappa shape index (κ3) is 4.52. The van der Waals surface area contributed by atoms with Crippen LogP contribution in [0.4, 0.5) is 5.13 Å². The average molecular weight is 536 g/mol. The summed E-state index contributed by atoms with van der Waals surface area (Å²) in [7, 11) is -3.62. The predicted molar refractivity (Wildman–Crippen MR) is 135 cm³/mol. The Labute approximate surface area is 210 Å². The first-order valence-electron chi connectivity index (χ1n) is 10.8. The monoisotopic (exact) mass is 535 g/mol. The van der Waals surface area contributed by atoms with Crippen molar-refractivity contribution < 1.29 is 17.6 Å². The van der Waals surface area contributed by atoms with Gasteiger partial charge in [0.2, 0.25) is 5.91 Å². The number of aromatic nitrogens is 1. The largest absolute Gasteiger partial charge is 0.467 e. The number of rotatable bonds is 6. The molecule has 0 saturated carbocycles. The zero-order chi connectivity index (χ0) is 23.9. The Bertz CT molecular complexity index is 1420. The summed E-state index contributed by atoms with van der Waals surface area (Å²) in [5.74, 6) is -0.0123. The molecule has 11 heteroatoms. The van der Waals surface area contributed by atoms with Crippen molar-refractivity contribution >= 4 is 65.6 Å². The highest BCUT2D eigenvalue weighted by atomic mass is 35.5. The number of piperidine rings is 1. The van der Waals surface area contributed by atoms with Crippen molar-refractivity contribution in [3.8, 4) is 0 Å². The van der Waals surface area contributed by atoms with Crippen molar-refractivity contribution in [2.24, 2.45) is 5.92 Å². The second kappa shape index (κ2) is 9.43. The number of carbonyl (C=O) groups is 1. The second-order valence-electron chi connectivity index (χ2n) is 8.20. The molecule has 1 unspecified atom stereocenters. The van der Waals surface area contributed by atoms with E-state index < -0.39 is 15.9 Å². The van der Waals surface area contributed by atoms with E-state index in [0.29, 0.717) is 39.5 Å². The lowest BCUT2D eigenvalue weighted by Crippen LogP contribution is -2.46. The molecule has 1 atom stereocenters. The van der Waals surface area contributed by atoms with E-state index in [0.717, 1.165) is 15.8 Å². The fraction of sp³-hybridized carbons (Fsp3) is 0.304. The normalized spacial score (nSPS) is 17.3. The van der Waals surface area contributed by atoms with Gasteiger partial charge in [0.05, 0.1) is 28.9 Å². The summed E-state index contributed by atoms with van der Waals surface area (Å²) in [6, 6.07) is 10.6. The molecule has 0 radical (unpaired) electrons. The standard InChI is InChI=1S/C23H22ClN3O4S3/c1-15-11-17(24)12-19-21(15)25-23(33-19)27(14-18-6-3-9-31-18)22(28)16-5-2-8-26(13-16)34(29,30)20-7-4-10-32-20/h3-4,6-7,9-12,16H,2,5,8,13-14H2,1H3. The van der Waals surface area contributed by atoms with E-state index in [4.69, 9.17) is 21.0 Å². The molecule has 1 aromatic carbocycles. The lowest BCUT2D eigenvalue weighted by atomic mass is 9.98. The molecule has 1 saturated heterocycles. The van der Waals surface area contributed by atoms with E-state index in [1.165, 1.54) is 27.0 Å². The van der Waals surface area contributed by atoms with Crippen LogP contribution in [0.2, 0.25) is 5.02 Å². The topological polar surface area (TPSA) is 83.7 Å². The third-order valence-corrected chi connectivity index (χ3v) is 10.3. The lowest BCUT2D eigenvalue weighted by Gasteiger charge is -2.33. The number of carbonyl (C=O) groups excluding carboxylic acids is 1. The molecular formula is C23H22ClN3O4S3. The Morgan fingerprint density at radius 1 is 1.32 bits per heavy atom. The first-order chi connectivity index (χ1) is 16.3. The van der Waals surface area contributed by atoms with Crippen LogP contribution in [0.5, 0.6) is 0 Å². The number of thiazole rings is 1. The summed E-state index contributed by atoms with van der Waals surface area (Å²) in [5, 5.41) is 2.90. The Morgan fingerprint density at radius 2 is 2.18 bits per heavy atom. The molecule has 178 valence electrons. The lowest BCUT2D eigenvalue weighted by molar-refractivity contribution is -0.123. The van der Waals surface area contributed by atoms with Crippen molar-refractivity contribution in [1.82, 2.24) is 9.29 Å². The van der Waals surface area contributed by atoms with Crippen LogP contribution in [-0.4, -0.2) is 36.7 Å². The number of nitrogens with zero attached hydrogens (tertiary/aromatic N) is 3. The molecule has 1 aliphatic heterocycles. The molecule has 4 aromatic rings. The van der Waals surface area contributed by atoms with Crippen molar-refractivity contribution in [2.45, 2.75) is 30.5 Å². The minimum atomic E-state index is -3.62. The summed E-state index contributed by atoms with van der Waals surface area (Å²) in [6.07, 6.45) is 2.79. The van der Waals surface area contributed by atoms with Crippen LogP contribution in [0.25, 0.3) is 10.2 Å².